The smallest absolute Gasteiger partial charge is 0.399 e. The lowest BCUT2D eigenvalue weighted by Crippen LogP contribution is -2.41. The summed E-state index contributed by atoms with van der Waals surface area (Å²) in [5.41, 5.74) is 0.107. The summed E-state index contributed by atoms with van der Waals surface area (Å²) in [5.74, 6) is -1.46. The van der Waals surface area contributed by atoms with Crippen LogP contribution in [0.5, 0.6) is 0 Å². The van der Waals surface area contributed by atoms with E-state index in [1.165, 1.54) is 0 Å². The van der Waals surface area contributed by atoms with Crippen molar-refractivity contribution in [1.82, 2.24) is 0 Å². The minimum absolute atomic E-state index is 0.0784. The van der Waals surface area contributed by atoms with E-state index >= 15 is 0 Å². The third-order valence-electron chi connectivity index (χ3n) is 5.19. The third-order valence-corrected chi connectivity index (χ3v) is 5.19. The topological polar surface area (TPSA) is 18.5 Å². The second kappa shape index (κ2) is 4.78. The molecule has 0 atom stereocenters. The number of hydrogen-bond donors (Lipinski definition) is 0. The van der Waals surface area contributed by atoms with Crippen LogP contribution in [-0.2, 0) is 9.31 Å². The van der Waals surface area contributed by atoms with E-state index in [2.05, 4.69) is 0 Å². The molecule has 1 saturated heterocycles. The molecule has 2 nitrogen and oxygen atoms in total. The lowest BCUT2D eigenvalue weighted by atomic mass is 9.68. The molecule has 1 saturated carbocycles. The molecule has 0 radical (unpaired) electrons. The quantitative estimate of drug-likeness (QED) is 0.777. The molecule has 3 rings (SSSR count). The standard InChI is InChI=1S/C16H21BF2O2/c1-15(2)16(3,4)21-17(20-15)11-8-9-12(18)14(19)13(11)10-6-5-7-10/h8-10H,5-7H2,1-4H3. The molecule has 1 aliphatic carbocycles. The average Bonchev–Trinajstić information content (AvgIpc) is 2.52. The molecule has 2 aliphatic rings. The van der Waals surface area contributed by atoms with E-state index in [0.29, 0.717) is 11.0 Å². The summed E-state index contributed by atoms with van der Waals surface area (Å²) in [4.78, 5) is 0. The molecule has 1 aromatic carbocycles. The molecule has 2 fully saturated rings. The minimum Gasteiger partial charge on any atom is -0.399 e. The van der Waals surface area contributed by atoms with E-state index in [0.717, 1.165) is 25.3 Å². The van der Waals surface area contributed by atoms with Crippen LogP contribution in [0, 0.1) is 11.6 Å². The highest BCUT2D eigenvalue weighted by atomic mass is 19.2. The van der Waals surface area contributed by atoms with Gasteiger partial charge in [-0.25, -0.2) is 8.78 Å². The van der Waals surface area contributed by atoms with Gasteiger partial charge in [0.05, 0.1) is 11.2 Å². The lowest BCUT2D eigenvalue weighted by molar-refractivity contribution is 0.00578. The Bertz CT molecular complexity index is 552. The van der Waals surface area contributed by atoms with E-state index in [1.54, 1.807) is 6.07 Å². The number of hydrogen-bond acceptors (Lipinski definition) is 2. The molecule has 0 aromatic heterocycles. The molecule has 114 valence electrons. The van der Waals surface area contributed by atoms with Crippen molar-refractivity contribution in [3.8, 4) is 0 Å². The number of benzene rings is 1. The summed E-state index contributed by atoms with van der Waals surface area (Å²) in [7, 11) is -0.638. The van der Waals surface area contributed by atoms with Crippen molar-refractivity contribution in [2.24, 2.45) is 0 Å². The van der Waals surface area contributed by atoms with Gasteiger partial charge in [0.15, 0.2) is 11.6 Å². The van der Waals surface area contributed by atoms with E-state index < -0.39 is 30.0 Å². The molecular weight excluding hydrogens is 273 g/mol. The van der Waals surface area contributed by atoms with Crippen LogP contribution in [0.25, 0.3) is 0 Å². The van der Waals surface area contributed by atoms with E-state index in [9.17, 15) is 8.78 Å². The Morgan fingerprint density at radius 1 is 1.05 bits per heavy atom. The molecule has 0 amide bonds. The van der Waals surface area contributed by atoms with Crippen molar-refractivity contribution in [2.45, 2.75) is 64.1 Å². The minimum atomic E-state index is -0.794. The molecule has 0 spiro atoms. The molecule has 5 heteroatoms. The average molecular weight is 294 g/mol. The Kier molecular flexibility index (Phi) is 3.41. The monoisotopic (exact) mass is 294 g/mol. The van der Waals surface area contributed by atoms with Crippen molar-refractivity contribution < 1.29 is 18.1 Å². The Hall–Kier alpha value is -0.935. The fourth-order valence-electron chi connectivity index (χ4n) is 2.87. The van der Waals surface area contributed by atoms with Gasteiger partial charge in [-0.05, 0) is 63.5 Å². The van der Waals surface area contributed by atoms with Crippen LogP contribution in [0.2, 0.25) is 0 Å². The molecule has 1 aromatic rings. The largest absolute Gasteiger partial charge is 0.495 e. The van der Waals surface area contributed by atoms with Gasteiger partial charge in [-0.15, -0.1) is 0 Å². The van der Waals surface area contributed by atoms with Crippen LogP contribution >= 0.6 is 0 Å². The fourth-order valence-corrected chi connectivity index (χ4v) is 2.87. The van der Waals surface area contributed by atoms with Gasteiger partial charge in [0.2, 0.25) is 0 Å². The second-order valence-corrected chi connectivity index (χ2v) is 7.08. The number of halogens is 2. The van der Waals surface area contributed by atoms with Crippen LogP contribution in [0.3, 0.4) is 0 Å². The summed E-state index contributed by atoms with van der Waals surface area (Å²) in [6.45, 7) is 7.82. The highest BCUT2D eigenvalue weighted by Crippen LogP contribution is 2.40. The number of rotatable bonds is 2. The van der Waals surface area contributed by atoms with Crippen LogP contribution in [0.1, 0.15) is 58.4 Å². The summed E-state index contributed by atoms with van der Waals surface area (Å²) < 4.78 is 39.9. The first-order valence-corrected chi connectivity index (χ1v) is 7.56. The van der Waals surface area contributed by atoms with E-state index in [4.69, 9.17) is 9.31 Å². The highest BCUT2D eigenvalue weighted by molar-refractivity contribution is 6.62. The molecule has 1 heterocycles. The van der Waals surface area contributed by atoms with Gasteiger partial charge in [0, 0.05) is 0 Å². The summed E-state index contributed by atoms with van der Waals surface area (Å²) in [6.07, 6.45) is 2.85. The Morgan fingerprint density at radius 2 is 1.62 bits per heavy atom. The zero-order chi connectivity index (χ0) is 15.4. The first-order valence-electron chi connectivity index (χ1n) is 7.56. The van der Waals surface area contributed by atoms with Gasteiger partial charge in [-0.3, -0.25) is 0 Å². The van der Waals surface area contributed by atoms with Crippen LogP contribution in [-0.4, -0.2) is 18.3 Å². The second-order valence-electron chi connectivity index (χ2n) is 7.08. The third kappa shape index (κ3) is 2.31. The Morgan fingerprint density at radius 3 is 2.10 bits per heavy atom. The van der Waals surface area contributed by atoms with Gasteiger partial charge in [-0.2, -0.15) is 0 Å². The van der Waals surface area contributed by atoms with Gasteiger partial charge in [-0.1, -0.05) is 12.5 Å². The van der Waals surface area contributed by atoms with Crippen molar-refractivity contribution >= 4 is 12.6 Å². The van der Waals surface area contributed by atoms with Crippen molar-refractivity contribution in [2.75, 3.05) is 0 Å². The molecule has 0 unspecified atom stereocenters. The molecular formula is C16H21BF2O2. The molecule has 0 N–H and O–H groups in total. The maximum atomic E-state index is 14.3. The van der Waals surface area contributed by atoms with Gasteiger partial charge < -0.3 is 9.31 Å². The maximum absolute atomic E-state index is 14.3. The summed E-state index contributed by atoms with van der Waals surface area (Å²) in [6, 6.07) is 2.77. The van der Waals surface area contributed by atoms with E-state index in [-0.39, 0.29) is 5.92 Å². The van der Waals surface area contributed by atoms with Gasteiger partial charge >= 0.3 is 7.12 Å². The first kappa shape index (κ1) is 15.0. The summed E-state index contributed by atoms with van der Waals surface area (Å²) in [5, 5.41) is 0. The molecule has 21 heavy (non-hydrogen) atoms. The fraction of sp³-hybridized carbons (Fsp3) is 0.625. The van der Waals surface area contributed by atoms with Gasteiger partial charge in [0.25, 0.3) is 0 Å². The lowest BCUT2D eigenvalue weighted by Gasteiger charge is -2.32. The van der Waals surface area contributed by atoms with E-state index in [1.807, 2.05) is 27.7 Å². The molecule has 0 bridgehead atoms. The predicted molar refractivity (Wildman–Crippen MR) is 78.7 cm³/mol. The van der Waals surface area contributed by atoms with Crippen molar-refractivity contribution in [3.05, 3.63) is 29.3 Å². The van der Waals surface area contributed by atoms with Crippen molar-refractivity contribution in [1.29, 1.82) is 0 Å². The van der Waals surface area contributed by atoms with Crippen molar-refractivity contribution in [3.63, 3.8) is 0 Å². The maximum Gasteiger partial charge on any atom is 0.495 e. The highest BCUT2D eigenvalue weighted by Gasteiger charge is 2.52. The van der Waals surface area contributed by atoms with Crippen LogP contribution in [0.4, 0.5) is 8.78 Å². The Labute approximate surface area is 125 Å². The first-order chi connectivity index (χ1) is 9.73. The van der Waals surface area contributed by atoms with Crippen LogP contribution in [0.15, 0.2) is 12.1 Å². The normalized spacial score (nSPS) is 24.2. The molecule has 1 aliphatic heterocycles. The SMILES string of the molecule is CC1(C)OB(c2ccc(F)c(F)c2C2CCC2)OC1(C)C. The Balaban J connectivity index is 2.02. The predicted octanol–water partition coefficient (Wildman–Crippen LogP) is 3.53. The zero-order valence-electron chi connectivity index (χ0n) is 13.0. The summed E-state index contributed by atoms with van der Waals surface area (Å²) >= 11 is 0. The van der Waals surface area contributed by atoms with Gasteiger partial charge in [0.1, 0.15) is 0 Å². The van der Waals surface area contributed by atoms with Crippen LogP contribution < -0.4 is 5.46 Å². The zero-order valence-corrected chi connectivity index (χ0v) is 13.0.